The fraction of sp³-hybridized carbons (Fsp3) is 0.458. The van der Waals surface area contributed by atoms with Gasteiger partial charge >= 0.3 is 0 Å². The predicted octanol–water partition coefficient (Wildman–Crippen LogP) is 3.28. The molecule has 0 spiro atoms. The van der Waals surface area contributed by atoms with Crippen molar-refractivity contribution < 1.29 is 4.79 Å². The highest BCUT2D eigenvalue weighted by molar-refractivity contribution is 6.00. The van der Waals surface area contributed by atoms with Crippen molar-refractivity contribution in [3.05, 3.63) is 58.6 Å². The van der Waals surface area contributed by atoms with E-state index in [0.717, 1.165) is 19.6 Å². The summed E-state index contributed by atoms with van der Waals surface area (Å²) in [5.74, 6) is -0.0483. The zero-order valence-corrected chi connectivity index (χ0v) is 18.6. The summed E-state index contributed by atoms with van der Waals surface area (Å²) in [6.45, 7) is 10.5. The van der Waals surface area contributed by atoms with Crippen LogP contribution < -0.4 is 5.56 Å². The van der Waals surface area contributed by atoms with Crippen LogP contribution in [0.2, 0.25) is 0 Å². The summed E-state index contributed by atoms with van der Waals surface area (Å²) >= 11 is 0. The first kappa shape index (κ1) is 21.3. The van der Waals surface area contributed by atoms with E-state index in [4.69, 9.17) is 0 Å². The van der Waals surface area contributed by atoms with Gasteiger partial charge in [-0.25, -0.2) is 0 Å². The van der Waals surface area contributed by atoms with Gasteiger partial charge in [-0.1, -0.05) is 31.5 Å². The largest absolute Gasteiger partial charge is 0.350 e. The van der Waals surface area contributed by atoms with Crippen LogP contribution in [0.15, 0.2) is 47.5 Å². The number of carbonyl (C=O) groups excluding carboxylic acids is 1. The minimum atomic E-state index is -0.199. The lowest BCUT2D eigenvalue weighted by atomic mass is 10.1. The molecule has 31 heavy (non-hydrogen) atoms. The van der Waals surface area contributed by atoms with Gasteiger partial charge in [0.25, 0.3) is 11.5 Å². The van der Waals surface area contributed by atoms with Gasteiger partial charge in [-0.3, -0.25) is 14.5 Å². The topological polar surface area (TPSA) is 63.4 Å². The fourth-order valence-corrected chi connectivity index (χ4v) is 4.05. The summed E-state index contributed by atoms with van der Waals surface area (Å²) in [5, 5.41) is 4.59. The Labute approximate surface area is 183 Å². The number of unbranched alkanes of at least 4 members (excludes halogenated alkanes) is 1. The molecule has 7 heteroatoms. The van der Waals surface area contributed by atoms with E-state index in [0.29, 0.717) is 35.6 Å². The Hall–Kier alpha value is -2.93. The van der Waals surface area contributed by atoms with E-state index >= 15 is 0 Å². The van der Waals surface area contributed by atoms with Crippen LogP contribution in [0.1, 0.15) is 50.0 Å². The number of para-hydroxylation sites is 1. The molecule has 0 radical (unpaired) electrons. The minimum absolute atomic E-state index is 0.0483. The minimum Gasteiger partial charge on any atom is -0.350 e. The van der Waals surface area contributed by atoms with Gasteiger partial charge in [0.2, 0.25) is 0 Å². The monoisotopic (exact) mass is 421 g/mol. The van der Waals surface area contributed by atoms with Crippen LogP contribution in [0.4, 0.5) is 0 Å². The Morgan fingerprint density at radius 2 is 1.77 bits per heavy atom. The molecule has 0 saturated carbocycles. The number of pyridine rings is 1. The molecule has 1 amide bonds. The number of hydrogen-bond acceptors (Lipinski definition) is 4. The number of fused-ring (bicyclic) bond motifs is 1. The molecule has 4 rings (SSSR count). The van der Waals surface area contributed by atoms with E-state index in [2.05, 4.69) is 16.9 Å². The predicted molar refractivity (Wildman–Crippen MR) is 122 cm³/mol. The van der Waals surface area contributed by atoms with Gasteiger partial charge in [0.1, 0.15) is 5.69 Å². The smallest absolute Gasteiger partial charge is 0.282 e. The lowest BCUT2D eigenvalue weighted by molar-refractivity contribution is 0.0635. The van der Waals surface area contributed by atoms with Gasteiger partial charge in [0.05, 0.1) is 16.8 Å². The third kappa shape index (κ3) is 4.28. The summed E-state index contributed by atoms with van der Waals surface area (Å²) in [5.41, 5.74) is 1.95. The average Bonchev–Trinajstić information content (AvgIpc) is 3.14. The van der Waals surface area contributed by atoms with E-state index in [1.807, 2.05) is 66.0 Å². The second kappa shape index (κ2) is 9.06. The summed E-state index contributed by atoms with van der Waals surface area (Å²) in [7, 11) is 0. The molecule has 3 aliphatic heterocycles. The Kier molecular flexibility index (Phi) is 6.23. The Morgan fingerprint density at radius 3 is 2.42 bits per heavy atom. The molecule has 1 saturated heterocycles. The van der Waals surface area contributed by atoms with Crippen molar-refractivity contribution in [3.63, 3.8) is 0 Å². The number of piperazine rings is 1. The number of amides is 1. The van der Waals surface area contributed by atoms with Crippen LogP contribution in [0.25, 0.3) is 16.9 Å². The van der Waals surface area contributed by atoms with Gasteiger partial charge in [0.15, 0.2) is 0 Å². The van der Waals surface area contributed by atoms with Gasteiger partial charge in [-0.05, 0) is 38.9 Å². The summed E-state index contributed by atoms with van der Waals surface area (Å²) in [4.78, 5) is 31.0. The van der Waals surface area contributed by atoms with E-state index in [1.165, 1.54) is 17.5 Å². The molecule has 0 atom stereocenters. The van der Waals surface area contributed by atoms with Crippen LogP contribution in [0.3, 0.4) is 0 Å². The van der Waals surface area contributed by atoms with Gasteiger partial charge < -0.3 is 9.47 Å². The van der Waals surface area contributed by atoms with Crippen LogP contribution in [0.5, 0.6) is 0 Å². The normalized spacial score (nSPS) is 15.2. The van der Waals surface area contributed by atoms with E-state index < -0.39 is 0 Å². The molecule has 1 aromatic rings. The second-order valence-electron chi connectivity index (χ2n) is 8.52. The first-order valence-electron chi connectivity index (χ1n) is 11.2. The van der Waals surface area contributed by atoms with Crippen molar-refractivity contribution in [2.24, 2.45) is 0 Å². The molecule has 0 aromatic heterocycles. The zero-order valence-electron chi connectivity index (χ0n) is 18.6. The maximum atomic E-state index is 13.5. The van der Waals surface area contributed by atoms with Gasteiger partial charge in [-0.2, -0.15) is 9.78 Å². The lowest BCUT2D eigenvalue weighted by Gasteiger charge is -2.35. The van der Waals surface area contributed by atoms with Crippen molar-refractivity contribution in [3.8, 4) is 16.9 Å². The average molecular weight is 422 g/mol. The van der Waals surface area contributed by atoms with Crippen molar-refractivity contribution in [1.82, 2.24) is 24.1 Å². The van der Waals surface area contributed by atoms with Crippen LogP contribution in [-0.2, 0) is 0 Å². The van der Waals surface area contributed by atoms with Crippen molar-refractivity contribution in [1.29, 1.82) is 0 Å². The second-order valence-corrected chi connectivity index (χ2v) is 8.52. The Bertz CT molecular complexity index is 1060. The number of carbonyl (C=O) groups is 1. The number of nitrogens with zero attached hydrogens (tertiary/aromatic N) is 5. The zero-order chi connectivity index (χ0) is 22.0. The van der Waals surface area contributed by atoms with Crippen LogP contribution >= 0.6 is 0 Å². The molecule has 0 aliphatic carbocycles. The summed E-state index contributed by atoms with van der Waals surface area (Å²) < 4.78 is 3.33. The van der Waals surface area contributed by atoms with Crippen molar-refractivity contribution >= 4 is 5.91 Å². The first-order chi connectivity index (χ1) is 15.0. The number of rotatable bonds is 6. The number of aromatic nitrogens is 3. The SMILES string of the molecule is CCCCN1CCN(C(=O)c2cn(C(C)C)cc3c(=O)n(-c4ccccc4)nc2-3)CC1. The highest BCUT2D eigenvalue weighted by atomic mass is 16.2. The molecule has 0 N–H and O–H groups in total. The van der Waals surface area contributed by atoms with Gasteiger partial charge in [-0.15, -0.1) is 0 Å². The van der Waals surface area contributed by atoms with E-state index in [9.17, 15) is 9.59 Å². The molecule has 0 bridgehead atoms. The van der Waals surface area contributed by atoms with Crippen molar-refractivity contribution in [2.75, 3.05) is 32.7 Å². The van der Waals surface area contributed by atoms with Crippen LogP contribution in [-0.4, -0.2) is 62.8 Å². The molecule has 1 aromatic carbocycles. The maximum Gasteiger partial charge on any atom is 0.282 e. The summed E-state index contributed by atoms with van der Waals surface area (Å²) in [6.07, 6.45) is 6.03. The van der Waals surface area contributed by atoms with E-state index in [1.54, 1.807) is 0 Å². The molecule has 1 fully saturated rings. The number of hydrogen-bond donors (Lipinski definition) is 0. The molecule has 3 aliphatic rings. The molecule has 3 heterocycles. The number of benzene rings is 1. The maximum absolute atomic E-state index is 13.5. The third-order valence-corrected chi connectivity index (χ3v) is 6.00. The fourth-order valence-electron chi connectivity index (χ4n) is 4.05. The molecule has 164 valence electrons. The van der Waals surface area contributed by atoms with E-state index in [-0.39, 0.29) is 17.5 Å². The first-order valence-corrected chi connectivity index (χ1v) is 11.2. The molecular weight excluding hydrogens is 390 g/mol. The van der Waals surface area contributed by atoms with Crippen LogP contribution in [0, 0.1) is 0 Å². The standard InChI is InChI=1S/C24H31N5O2/c1-4-5-11-26-12-14-27(15-13-26)23(30)20-16-28(18(2)3)17-21-22(20)25-29(24(21)31)19-9-7-6-8-10-19/h6-10,16-18H,4-5,11-15H2,1-3H3. The van der Waals surface area contributed by atoms with Crippen molar-refractivity contribution in [2.45, 2.75) is 39.7 Å². The Morgan fingerprint density at radius 1 is 1.06 bits per heavy atom. The summed E-state index contributed by atoms with van der Waals surface area (Å²) in [6, 6.07) is 9.47. The lowest BCUT2D eigenvalue weighted by Crippen LogP contribution is -2.49. The Balaban J connectivity index is 1.70. The molecule has 7 nitrogen and oxygen atoms in total. The molecular formula is C24H31N5O2. The third-order valence-electron chi connectivity index (χ3n) is 6.00. The van der Waals surface area contributed by atoms with Gasteiger partial charge in [0, 0.05) is 44.6 Å². The quantitative estimate of drug-likeness (QED) is 0.613. The highest BCUT2D eigenvalue weighted by Gasteiger charge is 2.29. The highest BCUT2D eigenvalue weighted by Crippen LogP contribution is 2.25. The molecule has 0 unspecified atom stereocenters.